The quantitative estimate of drug-likeness (QED) is 0.624. The molecule has 12 heavy (non-hydrogen) atoms. The molecule has 0 atom stereocenters. The van der Waals surface area contributed by atoms with Crippen molar-refractivity contribution in [3.8, 4) is 0 Å². The Morgan fingerprint density at radius 3 is 2.42 bits per heavy atom. The van der Waals surface area contributed by atoms with Crippen molar-refractivity contribution in [1.82, 2.24) is 0 Å². The summed E-state index contributed by atoms with van der Waals surface area (Å²) in [4.78, 5) is 1.38. The fourth-order valence-corrected chi connectivity index (χ4v) is 1.90. The van der Waals surface area contributed by atoms with Gasteiger partial charge in [-0.15, -0.1) is 11.8 Å². The molecule has 0 bridgehead atoms. The Balaban J connectivity index is 3.12. The van der Waals surface area contributed by atoms with Crippen LogP contribution in [0, 0.1) is 12.8 Å². The molecule has 0 saturated carbocycles. The van der Waals surface area contributed by atoms with Gasteiger partial charge < -0.3 is 0 Å². The molecule has 0 saturated heterocycles. The topological polar surface area (TPSA) is 0 Å². The third kappa shape index (κ3) is 2.04. The lowest BCUT2D eigenvalue weighted by Crippen LogP contribution is -1.92. The molecule has 0 amide bonds. The van der Waals surface area contributed by atoms with Gasteiger partial charge in [0.25, 0.3) is 0 Å². The highest BCUT2D eigenvalue weighted by Crippen LogP contribution is 2.26. The number of rotatable bonds is 2. The van der Waals surface area contributed by atoms with Crippen LogP contribution >= 0.6 is 11.8 Å². The smallest absolute Gasteiger partial charge is 0.0107 e. The summed E-state index contributed by atoms with van der Waals surface area (Å²) < 4.78 is 0. The molecule has 0 unspecified atom stereocenters. The summed E-state index contributed by atoms with van der Waals surface area (Å²) in [5, 5.41) is 0. The molecule has 0 aliphatic rings. The number of hydrogen-bond donors (Lipinski definition) is 0. The lowest BCUT2D eigenvalue weighted by Gasteiger charge is -2.10. The van der Waals surface area contributed by atoms with E-state index in [-0.39, 0.29) is 0 Å². The van der Waals surface area contributed by atoms with Crippen LogP contribution in [0.25, 0.3) is 0 Å². The van der Waals surface area contributed by atoms with E-state index in [1.807, 2.05) is 11.8 Å². The molecule has 65 valence electrons. The summed E-state index contributed by atoms with van der Waals surface area (Å²) in [5.41, 5.74) is 2.73. The van der Waals surface area contributed by atoms with Gasteiger partial charge in [0.05, 0.1) is 0 Å². The molecule has 0 spiro atoms. The molecule has 0 fully saturated rings. The first-order valence-electron chi connectivity index (χ1n) is 4.10. The van der Waals surface area contributed by atoms with Gasteiger partial charge in [0.2, 0.25) is 0 Å². The van der Waals surface area contributed by atoms with Gasteiger partial charge in [-0.2, -0.15) is 0 Å². The zero-order valence-corrected chi connectivity index (χ0v) is 8.96. The minimum atomic E-state index is 1.34. The molecule has 1 aromatic rings. The summed E-state index contributed by atoms with van der Waals surface area (Å²) >= 11 is 1.81. The molecule has 0 nitrogen and oxygen atoms in total. The number of hydrogen-bond acceptors (Lipinski definition) is 1. The third-order valence-electron chi connectivity index (χ3n) is 1.89. The second-order valence-electron chi connectivity index (χ2n) is 3.20. The Morgan fingerprint density at radius 2 is 1.92 bits per heavy atom. The van der Waals surface area contributed by atoms with E-state index in [2.05, 4.69) is 45.2 Å². The zero-order valence-electron chi connectivity index (χ0n) is 8.14. The maximum Gasteiger partial charge on any atom is 0.0107 e. The maximum atomic E-state index is 2.25. The Hall–Kier alpha value is -0.430. The van der Waals surface area contributed by atoms with Crippen LogP contribution in [-0.2, 0) is 0 Å². The fourth-order valence-electron chi connectivity index (χ4n) is 1.21. The Bertz CT molecular complexity index is 264. The summed E-state index contributed by atoms with van der Waals surface area (Å²) in [6.45, 7) is 6.46. The zero-order chi connectivity index (χ0) is 9.14. The second kappa shape index (κ2) is 3.99. The summed E-state index contributed by atoms with van der Waals surface area (Å²) in [6, 6.07) is 6.61. The van der Waals surface area contributed by atoms with E-state index in [4.69, 9.17) is 0 Å². The Labute approximate surface area is 79.4 Å². The molecule has 1 heteroatoms. The second-order valence-corrected chi connectivity index (χ2v) is 4.05. The molecule has 1 rings (SSSR count). The van der Waals surface area contributed by atoms with Crippen LogP contribution in [0.5, 0.6) is 0 Å². The van der Waals surface area contributed by atoms with Crippen LogP contribution in [0.3, 0.4) is 0 Å². The SMILES string of the molecule is CSc1ccc(C)cc1[C](C)C. The van der Waals surface area contributed by atoms with Crippen LogP contribution in [-0.4, -0.2) is 6.26 Å². The monoisotopic (exact) mass is 179 g/mol. The molecule has 1 aromatic carbocycles. The van der Waals surface area contributed by atoms with Crippen molar-refractivity contribution in [2.24, 2.45) is 0 Å². The molecule has 0 aromatic heterocycles. The van der Waals surface area contributed by atoms with E-state index in [1.54, 1.807) is 0 Å². The van der Waals surface area contributed by atoms with Gasteiger partial charge in [-0.1, -0.05) is 31.5 Å². The summed E-state index contributed by atoms with van der Waals surface area (Å²) in [7, 11) is 0. The molecule has 0 N–H and O–H groups in total. The standard InChI is InChI=1S/C11H15S/c1-8(2)10-7-9(3)5-6-11(10)12-4/h5-7H,1-4H3. The van der Waals surface area contributed by atoms with Crippen LogP contribution in [0.4, 0.5) is 0 Å². The van der Waals surface area contributed by atoms with Gasteiger partial charge in [-0.3, -0.25) is 0 Å². The van der Waals surface area contributed by atoms with Crippen LogP contribution in [0.15, 0.2) is 23.1 Å². The predicted molar refractivity (Wildman–Crippen MR) is 56.7 cm³/mol. The van der Waals surface area contributed by atoms with Gasteiger partial charge in [0, 0.05) is 4.90 Å². The first kappa shape index (κ1) is 9.66. The van der Waals surface area contributed by atoms with Gasteiger partial charge in [0.1, 0.15) is 0 Å². The van der Waals surface area contributed by atoms with Crippen molar-refractivity contribution < 1.29 is 0 Å². The Kier molecular flexibility index (Phi) is 3.21. The lowest BCUT2D eigenvalue weighted by molar-refractivity contribution is 1.09. The van der Waals surface area contributed by atoms with E-state index in [9.17, 15) is 0 Å². The molecule has 1 radical (unpaired) electrons. The first-order valence-corrected chi connectivity index (χ1v) is 5.33. The van der Waals surface area contributed by atoms with E-state index in [1.165, 1.54) is 21.9 Å². The highest BCUT2D eigenvalue weighted by Gasteiger charge is 2.05. The van der Waals surface area contributed by atoms with E-state index < -0.39 is 0 Å². The highest BCUT2D eigenvalue weighted by molar-refractivity contribution is 7.98. The molecular formula is C11H15S. The van der Waals surface area contributed by atoms with Crippen LogP contribution < -0.4 is 0 Å². The van der Waals surface area contributed by atoms with Crippen molar-refractivity contribution in [3.63, 3.8) is 0 Å². The van der Waals surface area contributed by atoms with E-state index in [0.717, 1.165) is 0 Å². The fraction of sp³-hybridized carbons (Fsp3) is 0.364. The predicted octanol–water partition coefficient (Wildman–Crippen LogP) is 3.68. The Morgan fingerprint density at radius 1 is 1.25 bits per heavy atom. The van der Waals surface area contributed by atoms with Crippen molar-refractivity contribution in [2.75, 3.05) is 6.26 Å². The molecule has 0 aliphatic carbocycles. The summed E-state index contributed by atoms with van der Waals surface area (Å²) in [6.07, 6.45) is 2.12. The number of thioether (sulfide) groups is 1. The average Bonchev–Trinajstić information content (AvgIpc) is 2.04. The van der Waals surface area contributed by atoms with Crippen molar-refractivity contribution in [3.05, 3.63) is 35.2 Å². The first-order chi connectivity index (χ1) is 5.65. The summed E-state index contributed by atoms with van der Waals surface area (Å²) in [5.74, 6) is 1.39. The maximum absolute atomic E-state index is 2.25. The largest absolute Gasteiger partial charge is 0.129 e. The van der Waals surface area contributed by atoms with Gasteiger partial charge in [-0.05, 0) is 30.7 Å². The highest BCUT2D eigenvalue weighted by atomic mass is 32.2. The molecular weight excluding hydrogens is 164 g/mol. The minimum Gasteiger partial charge on any atom is -0.129 e. The van der Waals surface area contributed by atoms with Crippen molar-refractivity contribution >= 4 is 11.8 Å². The van der Waals surface area contributed by atoms with E-state index >= 15 is 0 Å². The van der Waals surface area contributed by atoms with Crippen molar-refractivity contribution in [1.29, 1.82) is 0 Å². The lowest BCUT2D eigenvalue weighted by atomic mass is 10.0. The number of aryl methyl sites for hydroxylation is 1. The van der Waals surface area contributed by atoms with Gasteiger partial charge >= 0.3 is 0 Å². The normalized spacial score (nSPS) is 10.8. The average molecular weight is 179 g/mol. The van der Waals surface area contributed by atoms with Crippen molar-refractivity contribution in [2.45, 2.75) is 25.7 Å². The van der Waals surface area contributed by atoms with Gasteiger partial charge in [0.15, 0.2) is 0 Å². The molecule has 0 aliphatic heterocycles. The molecule has 0 heterocycles. The van der Waals surface area contributed by atoms with Crippen LogP contribution in [0.2, 0.25) is 0 Å². The van der Waals surface area contributed by atoms with Gasteiger partial charge in [-0.25, -0.2) is 0 Å². The third-order valence-corrected chi connectivity index (χ3v) is 2.69. The minimum absolute atomic E-state index is 1.34. The van der Waals surface area contributed by atoms with E-state index in [0.29, 0.717) is 0 Å². The van der Waals surface area contributed by atoms with Crippen LogP contribution in [0.1, 0.15) is 25.0 Å². The number of benzene rings is 1.